The SMILES string of the molecule is CC(=O)OC(C)[C@H]1CC(=O)[C@@]2(C)CC[C@H]3[C@@H](CCC4=CC(=O)C=C(C)[C@@]43C)[C@H]12. The van der Waals surface area contributed by atoms with Crippen molar-refractivity contribution in [2.24, 2.45) is 34.5 Å². The van der Waals surface area contributed by atoms with E-state index in [9.17, 15) is 14.4 Å². The lowest BCUT2D eigenvalue weighted by atomic mass is 9.46. The van der Waals surface area contributed by atoms with Crippen LogP contribution in [0, 0.1) is 34.5 Å². The quantitative estimate of drug-likeness (QED) is 0.661. The molecule has 0 aromatic heterocycles. The molecule has 0 amide bonds. The van der Waals surface area contributed by atoms with E-state index in [1.807, 2.05) is 13.0 Å². The van der Waals surface area contributed by atoms with Crippen molar-refractivity contribution in [3.63, 3.8) is 0 Å². The molecule has 28 heavy (non-hydrogen) atoms. The third-order valence-corrected chi connectivity index (χ3v) is 8.81. The molecule has 4 aliphatic rings. The number of rotatable bonds is 2. The van der Waals surface area contributed by atoms with E-state index in [1.54, 1.807) is 6.08 Å². The Labute approximate surface area is 167 Å². The van der Waals surface area contributed by atoms with Gasteiger partial charge in [-0.05, 0) is 69.4 Å². The van der Waals surface area contributed by atoms with Gasteiger partial charge in [-0.3, -0.25) is 14.4 Å². The molecule has 0 bridgehead atoms. The van der Waals surface area contributed by atoms with Gasteiger partial charge in [0.15, 0.2) is 5.78 Å². The Morgan fingerprint density at radius 2 is 1.93 bits per heavy atom. The smallest absolute Gasteiger partial charge is 0.302 e. The van der Waals surface area contributed by atoms with E-state index in [1.165, 1.54) is 18.1 Å². The molecule has 0 aliphatic heterocycles. The molecule has 0 aromatic carbocycles. The van der Waals surface area contributed by atoms with Crippen molar-refractivity contribution >= 4 is 17.5 Å². The Morgan fingerprint density at radius 3 is 2.61 bits per heavy atom. The van der Waals surface area contributed by atoms with Crippen molar-refractivity contribution < 1.29 is 19.1 Å². The Kier molecular flexibility index (Phi) is 4.48. The van der Waals surface area contributed by atoms with Gasteiger partial charge in [0, 0.05) is 30.1 Å². The number of ketones is 2. The topological polar surface area (TPSA) is 60.4 Å². The molecule has 3 fully saturated rings. The van der Waals surface area contributed by atoms with Crippen LogP contribution in [-0.2, 0) is 19.1 Å². The lowest BCUT2D eigenvalue weighted by molar-refractivity contribution is -0.151. The van der Waals surface area contributed by atoms with Gasteiger partial charge >= 0.3 is 5.97 Å². The second kappa shape index (κ2) is 6.40. The summed E-state index contributed by atoms with van der Waals surface area (Å²) in [5.41, 5.74) is 2.05. The second-order valence-corrected chi connectivity index (χ2v) is 10.00. The average molecular weight is 385 g/mol. The first-order chi connectivity index (χ1) is 13.1. The number of allylic oxidation sites excluding steroid dienone is 4. The van der Waals surface area contributed by atoms with Crippen LogP contribution in [0.2, 0.25) is 0 Å². The van der Waals surface area contributed by atoms with Crippen molar-refractivity contribution in [2.75, 3.05) is 0 Å². The van der Waals surface area contributed by atoms with Crippen LogP contribution in [0.1, 0.15) is 66.7 Å². The monoisotopic (exact) mass is 384 g/mol. The highest BCUT2D eigenvalue weighted by molar-refractivity contribution is 6.02. The van der Waals surface area contributed by atoms with E-state index >= 15 is 0 Å². The van der Waals surface area contributed by atoms with E-state index in [0.717, 1.165) is 25.7 Å². The lowest BCUT2D eigenvalue weighted by Gasteiger charge is -2.58. The Morgan fingerprint density at radius 1 is 1.21 bits per heavy atom. The summed E-state index contributed by atoms with van der Waals surface area (Å²) in [6.45, 7) is 9.95. The maximum absolute atomic E-state index is 13.1. The number of esters is 1. The molecular weight excluding hydrogens is 352 g/mol. The molecule has 4 heteroatoms. The Bertz CT molecular complexity index is 805. The first kappa shape index (κ1) is 19.6. The number of hydrogen-bond donors (Lipinski definition) is 0. The molecule has 3 saturated carbocycles. The fraction of sp³-hybridized carbons (Fsp3) is 0.708. The van der Waals surface area contributed by atoms with Crippen LogP contribution in [0.3, 0.4) is 0 Å². The minimum atomic E-state index is -0.306. The van der Waals surface area contributed by atoms with Crippen LogP contribution in [0.4, 0.5) is 0 Å². The summed E-state index contributed by atoms with van der Waals surface area (Å²) in [4.78, 5) is 36.7. The number of ether oxygens (including phenoxy) is 1. The van der Waals surface area contributed by atoms with Gasteiger partial charge < -0.3 is 4.74 Å². The molecule has 4 nitrogen and oxygen atoms in total. The van der Waals surface area contributed by atoms with E-state index in [0.29, 0.717) is 24.0 Å². The molecule has 152 valence electrons. The predicted octanol–water partition coefficient (Wildman–Crippen LogP) is 4.43. The third kappa shape index (κ3) is 2.59. The van der Waals surface area contributed by atoms with Crippen molar-refractivity contribution in [3.8, 4) is 0 Å². The van der Waals surface area contributed by atoms with Crippen LogP contribution < -0.4 is 0 Å². The summed E-state index contributed by atoms with van der Waals surface area (Å²) in [5.74, 6) is 1.39. The molecule has 4 rings (SSSR count). The van der Waals surface area contributed by atoms with Gasteiger partial charge in [0.25, 0.3) is 0 Å². The van der Waals surface area contributed by atoms with E-state index in [2.05, 4.69) is 20.8 Å². The Balaban J connectivity index is 1.73. The molecule has 0 spiro atoms. The summed E-state index contributed by atoms with van der Waals surface area (Å²) in [6.07, 6.45) is 7.80. The first-order valence-electron chi connectivity index (χ1n) is 10.7. The van der Waals surface area contributed by atoms with E-state index in [4.69, 9.17) is 4.74 Å². The van der Waals surface area contributed by atoms with Crippen LogP contribution in [0.15, 0.2) is 23.3 Å². The van der Waals surface area contributed by atoms with Gasteiger partial charge in [0.2, 0.25) is 0 Å². The average Bonchev–Trinajstić information content (AvgIpc) is 2.87. The summed E-state index contributed by atoms with van der Waals surface area (Å²) in [5, 5.41) is 0. The molecule has 4 aliphatic carbocycles. The van der Waals surface area contributed by atoms with Gasteiger partial charge in [-0.1, -0.05) is 25.0 Å². The fourth-order valence-electron chi connectivity index (χ4n) is 7.32. The lowest BCUT2D eigenvalue weighted by Crippen LogP contribution is -2.52. The standard InChI is InChI=1S/C24H32O4/c1-13-10-17(26)11-16-6-7-18-20(24(13,16)5)8-9-23(4)21(27)12-19(22(18)23)14(2)28-15(3)25/h10-11,14,18-20,22H,6-9,12H2,1-5H3/t14?,18-,19-,20+,22-,23-,24+/m1/s1. The summed E-state index contributed by atoms with van der Waals surface area (Å²) < 4.78 is 5.56. The largest absolute Gasteiger partial charge is 0.463 e. The Hall–Kier alpha value is -1.71. The normalized spacial score (nSPS) is 43.3. The summed E-state index contributed by atoms with van der Waals surface area (Å²) >= 11 is 0. The highest BCUT2D eigenvalue weighted by Gasteiger charge is 2.63. The molecule has 0 heterocycles. The molecule has 0 aromatic rings. The minimum absolute atomic E-state index is 0.0843. The molecule has 7 atom stereocenters. The number of fused-ring (bicyclic) bond motifs is 5. The molecule has 0 radical (unpaired) electrons. The van der Waals surface area contributed by atoms with Crippen LogP contribution >= 0.6 is 0 Å². The zero-order valence-corrected chi connectivity index (χ0v) is 17.7. The van der Waals surface area contributed by atoms with E-state index in [-0.39, 0.29) is 40.5 Å². The molecule has 1 unspecified atom stereocenters. The number of Topliss-reactive ketones (excluding diaryl/α,β-unsaturated/α-hetero) is 1. The van der Waals surface area contributed by atoms with Gasteiger partial charge in [-0.15, -0.1) is 0 Å². The van der Waals surface area contributed by atoms with Gasteiger partial charge in [-0.25, -0.2) is 0 Å². The summed E-state index contributed by atoms with van der Waals surface area (Å²) in [6, 6.07) is 0. The molecule has 0 N–H and O–H groups in total. The zero-order valence-electron chi connectivity index (χ0n) is 17.7. The molecule has 0 saturated heterocycles. The predicted molar refractivity (Wildman–Crippen MR) is 106 cm³/mol. The van der Waals surface area contributed by atoms with Crippen molar-refractivity contribution in [1.82, 2.24) is 0 Å². The number of carbonyl (C=O) groups is 3. The first-order valence-corrected chi connectivity index (χ1v) is 10.7. The van der Waals surface area contributed by atoms with E-state index < -0.39 is 0 Å². The van der Waals surface area contributed by atoms with Crippen molar-refractivity contribution in [3.05, 3.63) is 23.3 Å². The fourth-order valence-corrected chi connectivity index (χ4v) is 7.32. The van der Waals surface area contributed by atoms with Gasteiger partial charge in [-0.2, -0.15) is 0 Å². The minimum Gasteiger partial charge on any atom is -0.463 e. The zero-order chi connectivity index (χ0) is 20.4. The molecular formula is C24H32O4. The van der Waals surface area contributed by atoms with Crippen LogP contribution in [0.5, 0.6) is 0 Å². The van der Waals surface area contributed by atoms with Crippen molar-refractivity contribution in [1.29, 1.82) is 0 Å². The second-order valence-electron chi connectivity index (χ2n) is 10.00. The maximum Gasteiger partial charge on any atom is 0.302 e. The maximum atomic E-state index is 13.1. The summed E-state index contributed by atoms with van der Waals surface area (Å²) in [7, 11) is 0. The van der Waals surface area contributed by atoms with Crippen LogP contribution in [-0.4, -0.2) is 23.6 Å². The van der Waals surface area contributed by atoms with Crippen LogP contribution in [0.25, 0.3) is 0 Å². The van der Waals surface area contributed by atoms with Gasteiger partial charge in [0.05, 0.1) is 0 Å². The number of hydrogen-bond acceptors (Lipinski definition) is 4. The number of carbonyl (C=O) groups excluding carboxylic acids is 3. The highest BCUT2D eigenvalue weighted by atomic mass is 16.5. The van der Waals surface area contributed by atoms with Gasteiger partial charge in [0.1, 0.15) is 11.9 Å². The van der Waals surface area contributed by atoms with Crippen molar-refractivity contribution in [2.45, 2.75) is 72.8 Å². The third-order valence-electron chi connectivity index (χ3n) is 8.81. The highest BCUT2D eigenvalue weighted by Crippen LogP contribution is 2.66.